The van der Waals surface area contributed by atoms with Gasteiger partial charge in [0.2, 0.25) is 10.0 Å². The van der Waals surface area contributed by atoms with Gasteiger partial charge in [-0.3, -0.25) is 4.98 Å². The lowest BCUT2D eigenvalue weighted by atomic mass is 10.2. The molecule has 2 aromatic rings. The van der Waals surface area contributed by atoms with E-state index in [2.05, 4.69) is 15.0 Å². The Balaban J connectivity index is 1.67. The molecule has 1 aromatic carbocycles. The zero-order valence-corrected chi connectivity index (χ0v) is 16.0. The van der Waals surface area contributed by atoms with Gasteiger partial charge in [0.25, 0.3) is 5.17 Å². The number of aromatic nitrogens is 1. The highest BCUT2D eigenvalue weighted by Crippen LogP contribution is 2.11. The molecule has 1 aromatic heterocycles. The molecule has 2 N–H and O–H groups in total. The highest BCUT2D eigenvalue weighted by atomic mass is 32.2. The van der Waals surface area contributed by atoms with Gasteiger partial charge >= 0.3 is 0 Å². The Morgan fingerprint density at radius 2 is 1.92 bits per heavy atom. The molecule has 1 heterocycles. The largest absolute Gasteiger partial charge is 0.497 e. The van der Waals surface area contributed by atoms with Gasteiger partial charge < -0.3 is 14.8 Å². The smallest absolute Gasteiger partial charge is 0.256 e. The van der Waals surface area contributed by atoms with Crippen LogP contribution in [0.15, 0.2) is 48.8 Å². The molecule has 0 aliphatic rings. The number of rotatable bonds is 9. The maximum Gasteiger partial charge on any atom is 0.256 e. The van der Waals surface area contributed by atoms with E-state index in [-0.39, 0.29) is 24.1 Å². The molecule has 7 nitrogen and oxygen atoms in total. The monoisotopic (exact) mass is 395 g/mol. The van der Waals surface area contributed by atoms with Crippen molar-refractivity contribution >= 4 is 27.4 Å². The van der Waals surface area contributed by atoms with Crippen LogP contribution < -0.4 is 14.8 Å². The van der Waals surface area contributed by atoms with Crippen molar-refractivity contribution in [2.75, 3.05) is 19.5 Å². The average molecular weight is 396 g/mol. The van der Waals surface area contributed by atoms with Crippen molar-refractivity contribution in [1.82, 2.24) is 15.0 Å². The van der Waals surface area contributed by atoms with Gasteiger partial charge in [0.05, 0.1) is 12.9 Å². The SMILES string of the molecule is COc1ccc(CNS(=O)(=O)CCOC(=S)NCc2cccnc2)cc1. The molecule has 0 aliphatic carbocycles. The van der Waals surface area contributed by atoms with Gasteiger partial charge in [-0.15, -0.1) is 0 Å². The summed E-state index contributed by atoms with van der Waals surface area (Å²) >= 11 is 5.03. The standard InChI is InChI=1S/C17H21N3O4S2/c1-23-16-6-4-14(5-7-16)13-20-26(21,22)10-9-24-17(25)19-12-15-3-2-8-18-11-15/h2-8,11,20H,9-10,12-13H2,1H3,(H,19,25). The average Bonchev–Trinajstić information content (AvgIpc) is 2.66. The van der Waals surface area contributed by atoms with E-state index in [1.165, 1.54) is 0 Å². The first-order chi connectivity index (χ1) is 12.5. The van der Waals surface area contributed by atoms with Crippen molar-refractivity contribution in [2.24, 2.45) is 0 Å². The van der Waals surface area contributed by atoms with E-state index in [1.54, 1.807) is 43.8 Å². The first-order valence-corrected chi connectivity index (χ1v) is 9.94. The predicted octanol–water partition coefficient (Wildman–Crippen LogP) is 1.60. The summed E-state index contributed by atoms with van der Waals surface area (Å²) in [5.74, 6) is 0.537. The fourth-order valence-electron chi connectivity index (χ4n) is 1.98. The molecule has 0 saturated carbocycles. The van der Waals surface area contributed by atoms with E-state index in [0.717, 1.165) is 16.9 Å². The molecule has 9 heteroatoms. The highest BCUT2D eigenvalue weighted by Gasteiger charge is 2.11. The lowest BCUT2D eigenvalue weighted by Gasteiger charge is -2.11. The Hall–Kier alpha value is -2.23. The third kappa shape index (κ3) is 7.34. The summed E-state index contributed by atoms with van der Waals surface area (Å²) in [7, 11) is -1.88. The Morgan fingerprint density at radius 3 is 2.58 bits per heavy atom. The van der Waals surface area contributed by atoms with E-state index >= 15 is 0 Å². The fourth-order valence-corrected chi connectivity index (χ4v) is 2.97. The number of hydrogen-bond acceptors (Lipinski definition) is 6. The summed E-state index contributed by atoms with van der Waals surface area (Å²) in [6.45, 7) is 0.641. The van der Waals surface area contributed by atoms with Crippen LogP contribution in [-0.4, -0.2) is 38.0 Å². The van der Waals surface area contributed by atoms with E-state index in [0.29, 0.717) is 6.54 Å². The normalized spacial score (nSPS) is 11.0. The van der Waals surface area contributed by atoms with Crippen LogP contribution in [0.2, 0.25) is 0 Å². The number of nitrogens with one attached hydrogen (secondary N) is 2. The molecule has 0 aliphatic heterocycles. The Labute approximate surface area is 158 Å². The molecule has 2 rings (SSSR count). The number of thiocarbonyl (C=S) groups is 1. The van der Waals surface area contributed by atoms with Crippen molar-refractivity contribution in [3.05, 3.63) is 59.9 Å². The maximum atomic E-state index is 12.0. The van der Waals surface area contributed by atoms with Crippen LogP contribution in [0.1, 0.15) is 11.1 Å². The van der Waals surface area contributed by atoms with Crippen LogP contribution in [0.25, 0.3) is 0 Å². The molecule has 26 heavy (non-hydrogen) atoms. The molecular weight excluding hydrogens is 374 g/mol. The molecular formula is C17H21N3O4S2. The van der Waals surface area contributed by atoms with Gasteiger partial charge in [0.15, 0.2) is 0 Å². The van der Waals surface area contributed by atoms with Crippen LogP contribution >= 0.6 is 12.2 Å². The summed E-state index contributed by atoms with van der Waals surface area (Å²) in [4.78, 5) is 3.99. The first kappa shape index (κ1) is 20.1. The summed E-state index contributed by atoms with van der Waals surface area (Å²) in [5.41, 5.74) is 1.79. The summed E-state index contributed by atoms with van der Waals surface area (Å²) < 4.78 is 36.8. The van der Waals surface area contributed by atoms with Crippen LogP contribution in [-0.2, 0) is 27.8 Å². The van der Waals surface area contributed by atoms with Gasteiger partial charge in [-0.25, -0.2) is 13.1 Å². The molecule has 0 saturated heterocycles. The van der Waals surface area contributed by atoms with E-state index < -0.39 is 10.0 Å². The maximum absolute atomic E-state index is 12.0. The molecule has 0 radical (unpaired) electrons. The second kappa shape index (κ2) is 10.0. The Morgan fingerprint density at radius 1 is 1.15 bits per heavy atom. The van der Waals surface area contributed by atoms with Crippen molar-refractivity contribution < 1.29 is 17.9 Å². The lowest BCUT2D eigenvalue weighted by Crippen LogP contribution is -2.30. The zero-order chi connectivity index (χ0) is 18.8. The number of nitrogens with zero attached hydrogens (tertiary/aromatic N) is 1. The van der Waals surface area contributed by atoms with E-state index in [4.69, 9.17) is 21.7 Å². The number of ether oxygens (including phenoxy) is 2. The predicted molar refractivity (Wildman–Crippen MR) is 103 cm³/mol. The summed E-state index contributed by atoms with van der Waals surface area (Å²) in [5, 5.41) is 3.05. The van der Waals surface area contributed by atoms with Gasteiger partial charge in [0.1, 0.15) is 12.4 Å². The third-order valence-electron chi connectivity index (χ3n) is 3.40. The first-order valence-electron chi connectivity index (χ1n) is 7.88. The molecule has 0 amide bonds. The topological polar surface area (TPSA) is 89.5 Å². The van der Waals surface area contributed by atoms with Gasteiger partial charge in [-0.05, 0) is 41.5 Å². The second-order valence-electron chi connectivity index (χ2n) is 5.34. The van der Waals surface area contributed by atoms with Crippen molar-refractivity contribution in [3.8, 4) is 5.75 Å². The van der Waals surface area contributed by atoms with Crippen molar-refractivity contribution in [2.45, 2.75) is 13.1 Å². The Bertz CT molecular complexity index is 797. The molecule has 0 atom stereocenters. The number of pyridine rings is 1. The van der Waals surface area contributed by atoms with Crippen LogP contribution in [0.3, 0.4) is 0 Å². The minimum absolute atomic E-state index is 0.0309. The number of benzene rings is 1. The highest BCUT2D eigenvalue weighted by molar-refractivity contribution is 7.89. The van der Waals surface area contributed by atoms with Crippen LogP contribution in [0, 0.1) is 0 Å². The minimum atomic E-state index is -3.46. The van der Waals surface area contributed by atoms with Crippen LogP contribution in [0.4, 0.5) is 0 Å². The number of hydrogen-bond donors (Lipinski definition) is 2. The van der Waals surface area contributed by atoms with Gasteiger partial charge in [0, 0.05) is 25.5 Å². The molecule has 0 spiro atoms. The fraction of sp³-hybridized carbons (Fsp3) is 0.294. The second-order valence-corrected chi connectivity index (χ2v) is 7.64. The minimum Gasteiger partial charge on any atom is -0.497 e. The molecule has 0 unspecified atom stereocenters. The van der Waals surface area contributed by atoms with Gasteiger partial charge in [-0.1, -0.05) is 18.2 Å². The lowest BCUT2D eigenvalue weighted by molar-refractivity contribution is 0.320. The summed E-state index contributed by atoms with van der Waals surface area (Å²) in [6, 6.07) is 10.9. The van der Waals surface area contributed by atoms with E-state index in [1.807, 2.05) is 12.1 Å². The molecule has 0 fully saturated rings. The van der Waals surface area contributed by atoms with Gasteiger partial charge in [-0.2, -0.15) is 0 Å². The summed E-state index contributed by atoms with van der Waals surface area (Å²) in [6.07, 6.45) is 3.39. The number of sulfonamides is 1. The third-order valence-corrected chi connectivity index (χ3v) is 4.95. The number of methoxy groups -OCH3 is 1. The molecule has 140 valence electrons. The van der Waals surface area contributed by atoms with E-state index in [9.17, 15) is 8.42 Å². The quantitative estimate of drug-likeness (QED) is 0.624. The van der Waals surface area contributed by atoms with Crippen molar-refractivity contribution in [3.63, 3.8) is 0 Å². The van der Waals surface area contributed by atoms with Crippen LogP contribution in [0.5, 0.6) is 5.75 Å². The zero-order valence-electron chi connectivity index (χ0n) is 14.3. The Kier molecular flexibility index (Phi) is 7.76. The van der Waals surface area contributed by atoms with Crippen molar-refractivity contribution in [1.29, 1.82) is 0 Å². The molecule has 0 bridgehead atoms.